The van der Waals surface area contributed by atoms with Crippen molar-refractivity contribution in [1.29, 1.82) is 0 Å². The van der Waals surface area contributed by atoms with E-state index in [0.29, 0.717) is 17.4 Å². The third kappa shape index (κ3) is 10.5. The van der Waals surface area contributed by atoms with E-state index in [9.17, 15) is 89.6 Å². The Labute approximate surface area is 296 Å². The van der Waals surface area contributed by atoms with Crippen LogP contribution in [-0.2, 0) is 28.1 Å². The van der Waals surface area contributed by atoms with Crippen molar-refractivity contribution in [3.63, 3.8) is 0 Å². The predicted molar refractivity (Wildman–Crippen MR) is 168 cm³/mol. The van der Waals surface area contributed by atoms with Gasteiger partial charge in [0, 0.05) is 31.7 Å². The molecule has 3 aromatic carbocycles. The molecule has 5 N–H and O–H groups in total. The Bertz CT molecular complexity index is 2210. The normalized spacial score (nSPS) is 11.4. The quantitative estimate of drug-likeness (QED) is 0.0794. The molecule has 2 amide bonds. The molecule has 0 saturated heterocycles. The lowest BCUT2D eigenvalue weighted by Crippen LogP contribution is -2.35. The first-order valence-corrected chi connectivity index (χ1v) is 13.9. The van der Waals surface area contributed by atoms with Crippen LogP contribution in [0.4, 0.5) is 79.3 Å². The molecule has 0 aliphatic carbocycles. The second kappa shape index (κ2) is 15.8. The number of H-pyrrole nitrogens is 1. The number of anilines is 3. The monoisotopic (exact) mass is 801 g/mol. The molecule has 0 aliphatic rings. The van der Waals surface area contributed by atoms with Gasteiger partial charge in [0.2, 0.25) is 11.8 Å². The Kier molecular flexibility index (Phi) is 12.7. The molecule has 1 aromatic heterocycles. The van der Waals surface area contributed by atoms with Gasteiger partial charge >= 0.3 is 24.2 Å². The van der Waals surface area contributed by atoms with E-state index in [1.165, 1.54) is 6.07 Å². The molecule has 0 radical (unpaired) electrons. The van der Waals surface area contributed by atoms with E-state index >= 15 is 0 Å². The van der Waals surface area contributed by atoms with Crippen molar-refractivity contribution in [2.45, 2.75) is 39.3 Å². The number of non-ortho nitro benzene ring substituents is 2. The average molecular weight is 801 g/mol. The van der Waals surface area contributed by atoms with Crippen molar-refractivity contribution in [3.05, 3.63) is 99.4 Å². The Balaban J connectivity index is 0.000000292. The number of nitrogens with two attached hydrogens (primary N) is 2. The average Bonchev–Trinajstić information content (AvgIpc) is 3.38. The van der Waals surface area contributed by atoms with Gasteiger partial charge in [0.05, 0.1) is 54.0 Å². The zero-order valence-electron chi connectivity index (χ0n) is 27.3. The van der Waals surface area contributed by atoms with E-state index in [-0.39, 0.29) is 34.3 Å². The number of fused-ring (bicyclic) bond motifs is 1. The van der Waals surface area contributed by atoms with Crippen molar-refractivity contribution in [2.24, 2.45) is 0 Å². The standard InChI is InChI=1S/C11H8F3N3O6.C9H8F3N3.C7H4F3N3O4/c1-5(18)15(6(2)19)10-8(11(12,13)14)3-7(16(20)21)4-9(10)17(22)23;1-4-14-7-3-5(13)2-6(8(7)15-4)9(10,11)12;8-7(9,10)4-1-3(12(14)15)2-5(6(4)11)13(16)17/h3-4H,1-2H3;2-3H,13H2,1H3,(H,14,15);1-2H,11H2. The first-order chi connectivity index (χ1) is 24.9. The van der Waals surface area contributed by atoms with Gasteiger partial charge in [-0.1, -0.05) is 0 Å². The molecular weight excluding hydrogens is 781 g/mol. The zero-order valence-corrected chi connectivity index (χ0v) is 27.3. The molecule has 0 aliphatic heterocycles. The molecule has 19 nitrogen and oxygen atoms in total. The summed E-state index contributed by atoms with van der Waals surface area (Å²) in [4.78, 5) is 66.8. The van der Waals surface area contributed by atoms with Crippen LogP contribution >= 0.6 is 0 Å². The SMILES string of the molecule is CC(=O)N(C(C)=O)c1c([N+](=O)[O-])cc([N+](=O)[O-])cc1C(F)(F)F.Cc1nc2c(C(F)(F)F)cc(N)cc2[nH]1.Nc1c([N+](=O)[O-])cc([N+](=O)[O-])cc1C(F)(F)F. The topological polar surface area (TPSA) is 291 Å². The molecule has 296 valence electrons. The number of halogens is 9. The van der Waals surface area contributed by atoms with E-state index in [2.05, 4.69) is 9.97 Å². The van der Waals surface area contributed by atoms with Gasteiger partial charge < -0.3 is 16.5 Å². The number of aromatic amines is 1. The predicted octanol–water partition coefficient (Wildman–Crippen LogP) is 7.00. The van der Waals surface area contributed by atoms with Crippen LogP contribution in [-0.4, -0.2) is 41.5 Å². The van der Waals surface area contributed by atoms with Gasteiger partial charge in [-0.15, -0.1) is 0 Å². The number of imide groups is 1. The van der Waals surface area contributed by atoms with Crippen LogP contribution in [0.1, 0.15) is 36.4 Å². The summed E-state index contributed by atoms with van der Waals surface area (Å²) in [5, 5.41) is 42.4. The van der Waals surface area contributed by atoms with Crippen molar-refractivity contribution in [1.82, 2.24) is 9.97 Å². The fourth-order valence-electron chi connectivity index (χ4n) is 4.43. The van der Waals surface area contributed by atoms with Crippen LogP contribution in [0.2, 0.25) is 0 Å². The maximum atomic E-state index is 13.1. The number of rotatable bonds is 5. The number of aromatic nitrogens is 2. The Morgan fingerprint density at radius 1 is 0.655 bits per heavy atom. The van der Waals surface area contributed by atoms with Gasteiger partial charge in [0.1, 0.15) is 22.7 Å². The molecule has 0 atom stereocenters. The minimum absolute atomic E-state index is 0.0290. The first-order valence-electron chi connectivity index (χ1n) is 13.9. The Morgan fingerprint density at radius 2 is 1.07 bits per heavy atom. The molecule has 0 unspecified atom stereocenters. The van der Waals surface area contributed by atoms with E-state index in [1.807, 2.05) is 0 Å². The highest BCUT2D eigenvalue weighted by Gasteiger charge is 2.43. The summed E-state index contributed by atoms with van der Waals surface area (Å²) in [7, 11) is 0. The smallest absolute Gasteiger partial charge is 0.399 e. The second-order valence-corrected chi connectivity index (χ2v) is 10.5. The van der Waals surface area contributed by atoms with E-state index in [0.717, 1.165) is 19.9 Å². The fraction of sp³-hybridized carbons (Fsp3) is 0.222. The number of nitrogen functional groups attached to an aromatic ring is 2. The van der Waals surface area contributed by atoms with Crippen LogP contribution < -0.4 is 16.4 Å². The largest absolute Gasteiger partial charge is 0.418 e. The molecule has 0 saturated carbocycles. The zero-order chi connectivity index (χ0) is 42.7. The van der Waals surface area contributed by atoms with Gasteiger partial charge in [-0.2, -0.15) is 39.5 Å². The van der Waals surface area contributed by atoms with Gasteiger partial charge in [-0.05, 0) is 19.1 Å². The van der Waals surface area contributed by atoms with Crippen molar-refractivity contribution >= 4 is 62.7 Å². The number of nitro benzene ring substituents is 4. The number of alkyl halides is 9. The van der Waals surface area contributed by atoms with Gasteiger partial charge in [0.15, 0.2) is 0 Å². The van der Waals surface area contributed by atoms with Crippen molar-refractivity contribution in [3.8, 4) is 0 Å². The summed E-state index contributed by atoms with van der Waals surface area (Å²) in [6.07, 6.45) is -14.7. The molecule has 55 heavy (non-hydrogen) atoms. The number of imidazole rings is 1. The van der Waals surface area contributed by atoms with Gasteiger partial charge in [-0.25, -0.2) is 9.88 Å². The molecule has 4 aromatic rings. The van der Waals surface area contributed by atoms with Crippen LogP contribution in [0.5, 0.6) is 0 Å². The Hall–Kier alpha value is -7.16. The van der Waals surface area contributed by atoms with Gasteiger partial charge in [-0.3, -0.25) is 50.0 Å². The third-order valence-electron chi connectivity index (χ3n) is 6.53. The van der Waals surface area contributed by atoms with Crippen LogP contribution in [0.3, 0.4) is 0 Å². The third-order valence-corrected chi connectivity index (χ3v) is 6.53. The molecule has 4 rings (SSSR count). The molecule has 1 heterocycles. The van der Waals surface area contributed by atoms with Crippen molar-refractivity contribution in [2.75, 3.05) is 16.4 Å². The van der Waals surface area contributed by atoms with E-state index in [1.54, 1.807) is 6.92 Å². The summed E-state index contributed by atoms with van der Waals surface area (Å²) in [5.41, 5.74) is -0.871. The first kappa shape index (κ1) is 44.0. The highest BCUT2D eigenvalue weighted by atomic mass is 19.4. The number of amides is 2. The lowest BCUT2D eigenvalue weighted by atomic mass is 10.1. The highest BCUT2D eigenvalue weighted by molar-refractivity contribution is 6.15. The maximum Gasteiger partial charge on any atom is 0.418 e. The number of carbonyl (C=O) groups is 2. The maximum absolute atomic E-state index is 13.1. The fourth-order valence-corrected chi connectivity index (χ4v) is 4.43. The van der Waals surface area contributed by atoms with Crippen LogP contribution in [0.25, 0.3) is 11.0 Å². The molecule has 28 heteroatoms. The van der Waals surface area contributed by atoms with E-state index < -0.39 is 101 Å². The highest BCUT2D eigenvalue weighted by Crippen LogP contribution is 2.45. The number of nitro groups is 4. The number of nitrogens with one attached hydrogen (secondary N) is 1. The summed E-state index contributed by atoms with van der Waals surface area (Å²) in [5.74, 6) is -1.99. The molecule has 0 fully saturated rings. The lowest BCUT2D eigenvalue weighted by Gasteiger charge is -2.21. The number of nitrogens with zero attached hydrogens (tertiary/aromatic N) is 6. The number of hydrogen-bond donors (Lipinski definition) is 3. The molecular formula is C27H20F9N9O10. The Morgan fingerprint density at radius 3 is 1.45 bits per heavy atom. The minimum Gasteiger partial charge on any atom is -0.399 e. The lowest BCUT2D eigenvalue weighted by molar-refractivity contribution is -0.394. The summed E-state index contributed by atoms with van der Waals surface area (Å²) < 4.78 is 114. The molecule has 0 bridgehead atoms. The summed E-state index contributed by atoms with van der Waals surface area (Å²) >= 11 is 0. The number of hydrogen-bond acceptors (Lipinski definition) is 13. The van der Waals surface area contributed by atoms with Crippen LogP contribution in [0.15, 0.2) is 36.4 Å². The minimum atomic E-state index is -5.27. The summed E-state index contributed by atoms with van der Waals surface area (Å²) in [6.45, 7) is 3.05. The van der Waals surface area contributed by atoms with Crippen LogP contribution in [0, 0.1) is 47.4 Å². The summed E-state index contributed by atoms with van der Waals surface area (Å²) in [6, 6.07) is 3.14. The number of benzene rings is 3. The molecule has 0 spiro atoms. The second-order valence-electron chi connectivity index (χ2n) is 10.5. The van der Waals surface area contributed by atoms with Gasteiger partial charge in [0.25, 0.3) is 17.1 Å². The van der Waals surface area contributed by atoms with E-state index in [4.69, 9.17) is 11.5 Å². The number of aryl methyl sites for hydroxylation is 1. The van der Waals surface area contributed by atoms with Crippen molar-refractivity contribution < 1.29 is 68.8 Å². The number of carbonyl (C=O) groups excluding carboxylic acids is 2.